The number of rotatable bonds is 6. The molecule has 434 valence electrons. The van der Waals surface area contributed by atoms with E-state index in [9.17, 15) is 25.2 Å². The van der Waals surface area contributed by atoms with Crippen LogP contribution in [0.5, 0.6) is 0 Å². The van der Waals surface area contributed by atoms with Crippen molar-refractivity contribution < 1.29 is 34.7 Å². The highest BCUT2D eigenvalue weighted by Crippen LogP contribution is 2.68. The second-order valence-corrected chi connectivity index (χ2v) is 33.2. The van der Waals surface area contributed by atoms with Gasteiger partial charge in [0.2, 0.25) is 0 Å². The molecule has 0 radical (unpaired) electrons. The minimum absolute atomic E-state index is 0.0350. The molecule has 2 aliphatic heterocycles. The highest BCUT2D eigenvalue weighted by Gasteiger charge is 2.64. The van der Waals surface area contributed by atoms with Gasteiger partial charge < -0.3 is 29.9 Å². The van der Waals surface area contributed by atoms with Crippen LogP contribution in [-0.4, -0.2) is 67.6 Å². The van der Waals surface area contributed by atoms with Gasteiger partial charge in [-0.1, -0.05) is 115 Å². The number of ether oxygens (including phenoxy) is 2. The van der Waals surface area contributed by atoms with Gasteiger partial charge in [-0.05, 0) is 248 Å². The molecule has 17 atom stereocenters. The monoisotopic (exact) mass is 1050 g/mol. The van der Waals surface area contributed by atoms with E-state index in [1.807, 2.05) is 20.8 Å². The Bertz CT molecular complexity index is 1990. The Kier molecular flexibility index (Phi) is 17.3. The van der Waals surface area contributed by atoms with Crippen molar-refractivity contribution in [2.75, 3.05) is 13.2 Å². The molecule has 8 saturated carbocycles. The maximum atomic E-state index is 11.8. The summed E-state index contributed by atoms with van der Waals surface area (Å²) in [5.41, 5.74) is 0.964. The number of esters is 1. The van der Waals surface area contributed by atoms with Crippen LogP contribution in [0.15, 0.2) is 12.7 Å². The van der Waals surface area contributed by atoms with Crippen LogP contribution in [0.3, 0.4) is 0 Å². The van der Waals surface area contributed by atoms with Crippen molar-refractivity contribution in [3.8, 4) is 0 Å². The molecule has 0 aromatic rings. The zero-order valence-electron chi connectivity index (χ0n) is 52.0. The van der Waals surface area contributed by atoms with Crippen LogP contribution in [0.2, 0.25) is 0 Å². The van der Waals surface area contributed by atoms with E-state index in [0.29, 0.717) is 63.1 Å². The Morgan fingerprint density at radius 3 is 1.31 bits per heavy atom. The summed E-state index contributed by atoms with van der Waals surface area (Å²) in [4.78, 5) is 11.8. The molecule has 10 aliphatic rings. The average Bonchev–Trinajstić information content (AvgIpc) is 3.83. The molecule has 0 aromatic heterocycles. The van der Waals surface area contributed by atoms with Gasteiger partial charge in [-0.15, -0.1) is 6.58 Å². The summed E-state index contributed by atoms with van der Waals surface area (Å²) in [6, 6.07) is 0. The Labute approximate surface area is 461 Å². The molecule has 0 bridgehead atoms. The van der Waals surface area contributed by atoms with E-state index in [4.69, 9.17) is 9.47 Å². The summed E-state index contributed by atoms with van der Waals surface area (Å²) < 4.78 is 11.8. The maximum absolute atomic E-state index is 11.8. The van der Waals surface area contributed by atoms with Crippen LogP contribution in [0, 0.1) is 90.7 Å². The first-order valence-electron chi connectivity index (χ1n) is 31.6. The fourth-order valence-electron chi connectivity index (χ4n) is 22.7. The SMILES string of the molecule is C=C[C@@](C)(O)CC[C@@H]1[C@@]2(C)CCCC(C)(C)C2CC[C@@]1(C)O.CC1(C)CCC[C@@]2(C)C1CC[C@@](C)(O)[C@@H]2CCO.CC1(C)CCC[C@@]2(C)C1CC[C@@]1(C)OC(=O)C[C@@H]12.CC1(C)CCC[C@@]2(C)C1CC[C@@]1(C)OCC[C@@H]12. The minimum atomic E-state index is -0.830. The maximum Gasteiger partial charge on any atom is 0.306 e. The van der Waals surface area contributed by atoms with Crippen LogP contribution in [0.4, 0.5) is 0 Å². The highest BCUT2D eigenvalue weighted by molar-refractivity contribution is 5.73. The van der Waals surface area contributed by atoms with Crippen molar-refractivity contribution >= 4 is 5.97 Å². The minimum Gasteiger partial charge on any atom is -0.459 e. The topological polar surface area (TPSA) is 116 Å². The van der Waals surface area contributed by atoms with E-state index < -0.39 is 16.8 Å². The van der Waals surface area contributed by atoms with Crippen molar-refractivity contribution in [1.29, 1.82) is 0 Å². The van der Waals surface area contributed by atoms with Gasteiger partial charge in [0.25, 0.3) is 0 Å². The van der Waals surface area contributed by atoms with Crippen molar-refractivity contribution in [2.45, 2.75) is 306 Å². The van der Waals surface area contributed by atoms with Crippen molar-refractivity contribution in [1.82, 2.24) is 0 Å². The molecule has 0 amide bonds. The quantitative estimate of drug-likeness (QED) is 0.155. The van der Waals surface area contributed by atoms with Gasteiger partial charge in [0.05, 0.1) is 28.8 Å². The molecule has 0 spiro atoms. The third kappa shape index (κ3) is 11.5. The zero-order valence-corrected chi connectivity index (χ0v) is 52.0. The molecule has 2 saturated heterocycles. The second-order valence-electron chi connectivity index (χ2n) is 33.2. The molecule has 4 N–H and O–H groups in total. The predicted molar refractivity (Wildman–Crippen MR) is 309 cm³/mol. The van der Waals surface area contributed by atoms with Gasteiger partial charge in [-0.3, -0.25) is 4.79 Å². The molecule has 2 heterocycles. The van der Waals surface area contributed by atoms with E-state index in [-0.39, 0.29) is 46.4 Å². The van der Waals surface area contributed by atoms with E-state index in [0.717, 1.165) is 69.3 Å². The van der Waals surface area contributed by atoms with Gasteiger partial charge in [0.1, 0.15) is 5.60 Å². The Morgan fingerprint density at radius 1 is 0.507 bits per heavy atom. The summed E-state index contributed by atoms with van der Waals surface area (Å²) >= 11 is 0. The summed E-state index contributed by atoms with van der Waals surface area (Å²) in [6.45, 7) is 44.6. The molecular weight excluding hydrogens is 929 g/mol. The van der Waals surface area contributed by atoms with Crippen LogP contribution >= 0.6 is 0 Å². The van der Waals surface area contributed by atoms with Crippen molar-refractivity contribution in [3.05, 3.63) is 12.7 Å². The first-order valence-corrected chi connectivity index (χ1v) is 31.6. The smallest absolute Gasteiger partial charge is 0.306 e. The first kappa shape index (κ1) is 61.6. The normalized spacial score (nSPS) is 48.4. The number of aliphatic hydroxyl groups excluding tert-OH is 1. The van der Waals surface area contributed by atoms with Crippen LogP contribution in [0.1, 0.15) is 278 Å². The molecule has 10 rings (SSSR count). The lowest BCUT2D eigenvalue weighted by Gasteiger charge is -2.61. The van der Waals surface area contributed by atoms with Gasteiger partial charge in [-0.25, -0.2) is 0 Å². The van der Waals surface area contributed by atoms with Crippen LogP contribution in [0.25, 0.3) is 0 Å². The lowest BCUT2D eigenvalue weighted by molar-refractivity contribution is -0.172. The summed E-state index contributed by atoms with van der Waals surface area (Å²) in [7, 11) is 0. The summed E-state index contributed by atoms with van der Waals surface area (Å²) in [5, 5.41) is 41.5. The Balaban J connectivity index is 0.000000146. The van der Waals surface area contributed by atoms with Gasteiger partial charge in [0, 0.05) is 19.1 Å². The summed E-state index contributed by atoms with van der Waals surface area (Å²) in [6.07, 6.45) is 30.6. The lowest BCUT2D eigenvalue weighted by atomic mass is 9.45. The van der Waals surface area contributed by atoms with Crippen molar-refractivity contribution in [3.63, 3.8) is 0 Å². The molecule has 4 unspecified atom stereocenters. The first-order chi connectivity index (χ1) is 34.3. The van der Waals surface area contributed by atoms with E-state index in [1.165, 1.54) is 103 Å². The van der Waals surface area contributed by atoms with Gasteiger partial charge >= 0.3 is 5.97 Å². The fraction of sp³-hybridized carbons (Fsp3) is 0.956. The summed E-state index contributed by atoms with van der Waals surface area (Å²) in [5.74, 6) is 4.83. The third-order valence-corrected chi connectivity index (χ3v) is 26.4. The molecule has 0 aromatic carbocycles. The molecule has 7 heteroatoms. The second kappa shape index (κ2) is 21.1. The highest BCUT2D eigenvalue weighted by atomic mass is 16.6. The number of aliphatic hydroxyl groups is 4. The number of carbonyl (C=O) groups is 1. The molecule has 8 aliphatic carbocycles. The number of hydrogen-bond acceptors (Lipinski definition) is 7. The van der Waals surface area contributed by atoms with Gasteiger partial charge in [0.15, 0.2) is 0 Å². The Morgan fingerprint density at radius 2 is 0.880 bits per heavy atom. The molecule has 10 fully saturated rings. The van der Waals surface area contributed by atoms with Crippen LogP contribution in [-0.2, 0) is 14.3 Å². The largest absolute Gasteiger partial charge is 0.459 e. The molecule has 75 heavy (non-hydrogen) atoms. The lowest BCUT2D eigenvalue weighted by Crippen LogP contribution is -2.57. The van der Waals surface area contributed by atoms with Crippen molar-refractivity contribution in [2.24, 2.45) is 90.7 Å². The van der Waals surface area contributed by atoms with Crippen LogP contribution < -0.4 is 0 Å². The average molecular weight is 1050 g/mol. The van der Waals surface area contributed by atoms with E-state index in [1.54, 1.807) is 6.08 Å². The predicted octanol–water partition coefficient (Wildman–Crippen LogP) is 16.4. The molecule has 7 nitrogen and oxygen atoms in total. The van der Waals surface area contributed by atoms with E-state index >= 15 is 0 Å². The number of hydrogen-bond donors (Lipinski definition) is 4. The third-order valence-electron chi connectivity index (χ3n) is 26.4. The molecular formula is C68H120O7. The number of carbonyl (C=O) groups excluding carboxylic acids is 1. The Hall–Kier alpha value is -0.990. The van der Waals surface area contributed by atoms with E-state index in [2.05, 4.69) is 104 Å². The zero-order chi connectivity index (χ0) is 55.9. The standard InChI is InChI=1S/C20H36O2.C16H26O2.C16H30O2.C16H28O/c1-7-18(4,21)13-9-16-19(5)12-8-11-17(2,3)15(19)10-14-20(16,6)22;1-14(2)7-5-8-15(3)11(14)6-9-16(4)12(15)10-13(17)18-16;1-14(2)8-5-9-15(3)12(14)6-10-16(4,18)13(15)7-11-17;1-14(2)8-5-9-15(3)12(14)6-10-16(4)13(15)7-11-17-16/h7,15-16,21-22H,1,8-14H2,2-6H3;11-12H,5-10H2,1-4H3;12-13,17-18H,5-11H2,1-4H3;12-13H,5-11H2,1-4H3/t15?,16-,18-,19+,20-;11?,12-,15+,16-;2*12?,13-,15+,16-/m1111/s1. The number of fused-ring (bicyclic) bond motifs is 8. The fourth-order valence-corrected chi connectivity index (χ4v) is 22.7. The van der Waals surface area contributed by atoms with Gasteiger partial charge in [-0.2, -0.15) is 0 Å².